The Bertz CT molecular complexity index is 526. The largest absolute Gasteiger partial charge is 0.381 e. The van der Waals surface area contributed by atoms with E-state index in [0.29, 0.717) is 12.1 Å². The summed E-state index contributed by atoms with van der Waals surface area (Å²) in [6.07, 6.45) is 5.01. The number of rotatable bonds is 2. The summed E-state index contributed by atoms with van der Waals surface area (Å²) in [6.45, 7) is 3.69. The molecular weight excluding hydrogens is 276 g/mol. The van der Waals surface area contributed by atoms with Gasteiger partial charge in [-0.2, -0.15) is 0 Å². The summed E-state index contributed by atoms with van der Waals surface area (Å²) in [7, 11) is 1.95. The number of benzene rings is 1. The van der Waals surface area contributed by atoms with Crippen molar-refractivity contribution in [2.24, 2.45) is 0 Å². The fraction of sp³-hybridized carbons (Fsp3) is 0.611. The Morgan fingerprint density at radius 2 is 2.00 bits per heavy atom. The number of carbonyl (C=O) groups excluding carboxylic acids is 1. The number of carbonyl (C=O) groups is 1. The van der Waals surface area contributed by atoms with Gasteiger partial charge < -0.3 is 9.64 Å². The third kappa shape index (κ3) is 2.84. The SMILES string of the molecule is CC[C@@H]1CCc2ccccc2N1C(=O)N(C)C1CCOCC1. The number of hydrogen-bond donors (Lipinski definition) is 0. The molecule has 0 bridgehead atoms. The molecule has 4 heteroatoms. The molecule has 0 unspecified atom stereocenters. The van der Waals surface area contributed by atoms with Crippen LogP contribution in [0.1, 0.15) is 38.2 Å². The fourth-order valence-corrected chi connectivity index (χ4v) is 3.65. The third-order valence-corrected chi connectivity index (χ3v) is 5.08. The summed E-state index contributed by atoms with van der Waals surface area (Å²) in [4.78, 5) is 17.1. The van der Waals surface area contributed by atoms with Gasteiger partial charge in [-0.1, -0.05) is 25.1 Å². The van der Waals surface area contributed by atoms with E-state index in [0.717, 1.165) is 51.0 Å². The van der Waals surface area contributed by atoms with Crippen molar-refractivity contribution in [3.05, 3.63) is 29.8 Å². The Morgan fingerprint density at radius 3 is 2.73 bits per heavy atom. The summed E-state index contributed by atoms with van der Waals surface area (Å²) in [5.74, 6) is 0. The Balaban J connectivity index is 1.85. The summed E-state index contributed by atoms with van der Waals surface area (Å²) in [5, 5.41) is 0. The first-order chi connectivity index (χ1) is 10.7. The van der Waals surface area contributed by atoms with Gasteiger partial charge in [-0.15, -0.1) is 0 Å². The van der Waals surface area contributed by atoms with Crippen molar-refractivity contribution in [2.45, 2.75) is 51.1 Å². The molecule has 2 aliphatic heterocycles. The number of nitrogens with zero attached hydrogens (tertiary/aromatic N) is 2. The van der Waals surface area contributed by atoms with Crippen molar-refractivity contribution in [1.82, 2.24) is 4.90 Å². The Labute approximate surface area is 133 Å². The molecule has 120 valence electrons. The monoisotopic (exact) mass is 302 g/mol. The second kappa shape index (κ2) is 6.69. The number of para-hydroxylation sites is 1. The molecule has 2 aliphatic rings. The van der Waals surface area contributed by atoms with E-state index in [1.807, 2.05) is 22.9 Å². The van der Waals surface area contributed by atoms with Crippen LogP contribution in [0.15, 0.2) is 24.3 Å². The van der Waals surface area contributed by atoms with Crippen molar-refractivity contribution in [3.63, 3.8) is 0 Å². The predicted octanol–water partition coefficient (Wildman–Crippen LogP) is 3.45. The van der Waals surface area contributed by atoms with E-state index in [-0.39, 0.29) is 6.03 Å². The van der Waals surface area contributed by atoms with Crippen LogP contribution >= 0.6 is 0 Å². The van der Waals surface area contributed by atoms with Crippen LogP contribution in [-0.4, -0.2) is 43.3 Å². The molecule has 4 nitrogen and oxygen atoms in total. The van der Waals surface area contributed by atoms with Crippen molar-refractivity contribution in [2.75, 3.05) is 25.2 Å². The topological polar surface area (TPSA) is 32.8 Å². The maximum Gasteiger partial charge on any atom is 0.324 e. The highest BCUT2D eigenvalue weighted by molar-refractivity contribution is 5.94. The molecule has 0 radical (unpaired) electrons. The zero-order chi connectivity index (χ0) is 15.5. The highest BCUT2D eigenvalue weighted by Gasteiger charge is 2.34. The number of ether oxygens (including phenoxy) is 1. The van der Waals surface area contributed by atoms with Gasteiger partial charge in [0.1, 0.15) is 0 Å². The maximum absolute atomic E-state index is 13.1. The van der Waals surface area contributed by atoms with Crippen molar-refractivity contribution in [1.29, 1.82) is 0 Å². The Morgan fingerprint density at radius 1 is 1.27 bits per heavy atom. The number of urea groups is 1. The van der Waals surface area contributed by atoms with Crippen LogP contribution in [0.25, 0.3) is 0 Å². The van der Waals surface area contributed by atoms with Gasteiger partial charge in [0.05, 0.1) is 0 Å². The molecule has 1 aromatic carbocycles. The molecule has 0 aromatic heterocycles. The Kier molecular flexibility index (Phi) is 4.67. The number of aryl methyl sites for hydroxylation is 1. The highest BCUT2D eigenvalue weighted by Crippen LogP contribution is 2.33. The molecule has 2 amide bonds. The van der Waals surface area contributed by atoms with Gasteiger partial charge >= 0.3 is 6.03 Å². The lowest BCUT2D eigenvalue weighted by Crippen LogP contribution is -2.52. The summed E-state index contributed by atoms with van der Waals surface area (Å²) < 4.78 is 5.42. The minimum Gasteiger partial charge on any atom is -0.381 e. The molecule has 0 aliphatic carbocycles. The minimum atomic E-state index is 0.144. The first-order valence-corrected chi connectivity index (χ1v) is 8.44. The Hall–Kier alpha value is -1.55. The van der Waals surface area contributed by atoms with Crippen LogP contribution in [0.2, 0.25) is 0 Å². The molecule has 0 saturated carbocycles. The lowest BCUT2D eigenvalue weighted by atomic mass is 9.94. The average Bonchev–Trinajstić information content (AvgIpc) is 2.60. The van der Waals surface area contributed by atoms with E-state index >= 15 is 0 Å². The van der Waals surface area contributed by atoms with Gasteiger partial charge in [-0.25, -0.2) is 4.79 Å². The van der Waals surface area contributed by atoms with Gasteiger partial charge in [0, 0.05) is 38.0 Å². The number of fused-ring (bicyclic) bond motifs is 1. The van der Waals surface area contributed by atoms with Crippen molar-refractivity contribution in [3.8, 4) is 0 Å². The summed E-state index contributed by atoms with van der Waals surface area (Å²) >= 11 is 0. The zero-order valence-electron chi connectivity index (χ0n) is 13.6. The molecule has 1 fully saturated rings. The average molecular weight is 302 g/mol. The van der Waals surface area contributed by atoms with E-state index in [9.17, 15) is 4.79 Å². The first-order valence-electron chi connectivity index (χ1n) is 8.44. The molecule has 22 heavy (non-hydrogen) atoms. The quantitative estimate of drug-likeness (QED) is 0.838. The molecule has 1 saturated heterocycles. The second-order valence-corrected chi connectivity index (χ2v) is 6.34. The maximum atomic E-state index is 13.1. The van der Waals surface area contributed by atoms with E-state index in [4.69, 9.17) is 4.74 Å². The fourth-order valence-electron chi connectivity index (χ4n) is 3.65. The van der Waals surface area contributed by atoms with Gasteiger partial charge in [-0.3, -0.25) is 4.90 Å². The van der Waals surface area contributed by atoms with Crippen molar-refractivity contribution >= 4 is 11.7 Å². The van der Waals surface area contributed by atoms with Gasteiger partial charge in [0.25, 0.3) is 0 Å². The normalized spacial score (nSPS) is 22.3. The standard InChI is InChI=1S/C18H26N2O2/c1-3-15-9-8-14-6-4-5-7-17(14)20(15)18(21)19(2)16-10-12-22-13-11-16/h4-7,15-16H,3,8-13H2,1-2H3/t15-/m1/s1. The first kappa shape index (κ1) is 15.3. The molecular formula is C18H26N2O2. The zero-order valence-corrected chi connectivity index (χ0v) is 13.6. The van der Waals surface area contributed by atoms with Gasteiger partial charge in [0.2, 0.25) is 0 Å². The summed E-state index contributed by atoms with van der Waals surface area (Å²) in [5.41, 5.74) is 2.39. The number of anilines is 1. The van der Waals surface area contributed by atoms with E-state index in [1.165, 1.54) is 5.56 Å². The lowest BCUT2D eigenvalue weighted by molar-refractivity contribution is 0.0532. The number of amides is 2. The van der Waals surface area contributed by atoms with Crippen LogP contribution in [0, 0.1) is 0 Å². The van der Waals surface area contributed by atoms with E-state index in [2.05, 4.69) is 25.1 Å². The van der Waals surface area contributed by atoms with Gasteiger partial charge in [-0.05, 0) is 43.7 Å². The summed E-state index contributed by atoms with van der Waals surface area (Å²) in [6, 6.07) is 9.09. The molecule has 0 N–H and O–H groups in total. The smallest absolute Gasteiger partial charge is 0.324 e. The highest BCUT2D eigenvalue weighted by atomic mass is 16.5. The van der Waals surface area contributed by atoms with E-state index < -0.39 is 0 Å². The van der Waals surface area contributed by atoms with Crippen LogP contribution in [0.5, 0.6) is 0 Å². The molecule has 2 heterocycles. The lowest BCUT2D eigenvalue weighted by Gasteiger charge is -2.41. The van der Waals surface area contributed by atoms with Crippen LogP contribution in [0.4, 0.5) is 10.5 Å². The molecule has 1 atom stereocenters. The van der Waals surface area contributed by atoms with Crippen LogP contribution < -0.4 is 4.90 Å². The predicted molar refractivity (Wildman–Crippen MR) is 88.3 cm³/mol. The molecule has 3 rings (SSSR count). The second-order valence-electron chi connectivity index (χ2n) is 6.34. The third-order valence-electron chi connectivity index (χ3n) is 5.08. The van der Waals surface area contributed by atoms with Crippen LogP contribution in [0.3, 0.4) is 0 Å². The number of hydrogen-bond acceptors (Lipinski definition) is 2. The molecule has 0 spiro atoms. The van der Waals surface area contributed by atoms with Crippen LogP contribution in [-0.2, 0) is 11.2 Å². The van der Waals surface area contributed by atoms with E-state index in [1.54, 1.807) is 0 Å². The molecule has 1 aromatic rings. The van der Waals surface area contributed by atoms with Crippen molar-refractivity contribution < 1.29 is 9.53 Å². The minimum absolute atomic E-state index is 0.144. The van der Waals surface area contributed by atoms with Gasteiger partial charge in [0.15, 0.2) is 0 Å².